The average Bonchev–Trinajstić information content (AvgIpc) is 2.77. The lowest BCUT2D eigenvalue weighted by Crippen LogP contribution is -2.28. The van der Waals surface area contributed by atoms with Gasteiger partial charge in [-0.2, -0.15) is 0 Å². The van der Waals surface area contributed by atoms with E-state index >= 15 is 0 Å². The molecule has 1 aromatic heterocycles. The number of rotatable bonds is 4. The molecule has 0 amide bonds. The molecule has 90 valence electrons. The first-order chi connectivity index (χ1) is 8.26. The van der Waals surface area contributed by atoms with E-state index in [9.17, 15) is 0 Å². The van der Waals surface area contributed by atoms with E-state index in [1.165, 1.54) is 5.56 Å². The lowest BCUT2D eigenvalue weighted by molar-refractivity contribution is 0.526. The van der Waals surface area contributed by atoms with Gasteiger partial charge in [0.1, 0.15) is 0 Å². The van der Waals surface area contributed by atoms with E-state index in [1.807, 2.05) is 12.1 Å². The molecule has 3 N–H and O–H groups in total. The van der Waals surface area contributed by atoms with Crippen LogP contribution in [0.15, 0.2) is 45.7 Å². The van der Waals surface area contributed by atoms with E-state index in [1.54, 1.807) is 6.26 Å². The number of aryl methyl sites for hydroxylation is 1. The van der Waals surface area contributed by atoms with Crippen LogP contribution in [0.5, 0.6) is 0 Å². The van der Waals surface area contributed by atoms with Gasteiger partial charge in [-0.25, -0.2) is 5.43 Å². The van der Waals surface area contributed by atoms with Gasteiger partial charge in [0.25, 0.3) is 0 Å². The fourth-order valence-corrected chi connectivity index (χ4v) is 2.34. The maximum atomic E-state index is 5.64. The van der Waals surface area contributed by atoms with Crippen LogP contribution in [0.4, 0.5) is 0 Å². The molecular weight excluding hydrogens is 280 g/mol. The summed E-state index contributed by atoms with van der Waals surface area (Å²) in [6.07, 6.45) is 2.66. The minimum Gasteiger partial charge on any atom is -0.457 e. The van der Waals surface area contributed by atoms with Crippen molar-refractivity contribution < 1.29 is 4.42 Å². The SMILES string of the molecule is CCc1cccc(C(NN)c2ccoc2Br)c1. The number of nitrogens with two attached hydrogens (primary N) is 1. The average molecular weight is 295 g/mol. The van der Waals surface area contributed by atoms with Crippen molar-refractivity contribution in [3.63, 3.8) is 0 Å². The van der Waals surface area contributed by atoms with E-state index in [2.05, 4.69) is 46.5 Å². The molecule has 17 heavy (non-hydrogen) atoms. The molecule has 3 nitrogen and oxygen atoms in total. The van der Waals surface area contributed by atoms with Gasteiger partial charge in [-0.1, -0.05) is 31.2 Å². The van der Waals surface area contributed by atoms with Crippen molar-refractivity contribution in [3.05, 3.63) is 58.0 Å². The third-order valence-electron chi connectivity index (χ3n) is 2.82. The molecule has 0 spiro atoms. The molecule has 0 radical (unpaired) electrons. The van der Waals surface area contributed by atoms with Crippen LogP contribution in [0.1, 0.15) is 29.7 Å². The molecule has 1 aromatic carbocycles. The summed E-state index contributed by atoms with van der Waals surface area (Å²) in [7, 11) is 0. The Labute approximate surface area is 109 Å². The van der Waals surface area contributed by atoms with Crippen molar-refractivity contribution in [3.8, 4) is 0 Å². The number of hydrogen-bond donors (Lipinski definition) is 2. The van der Waals surface area contributed by atoms with E-state index in [0.29, 0.717) is 4.67 Å². The molecule has 1 unspecified atom stereocenters. The topological polar surface area (TPSA) is 51.2 Å². The van der Waals surface area contributed by atoms with Crippen LogP contribution in [-0.4, -0.2) is 0 Å². The molecular formula is C13H15BrN2O. The van der Waals surface area contributed by atoms with Crippen molar-refractivity contribution in [1.82, 2.24) is 5.43 Å². The Bertz CT molecular complexity index is 496. The molecule has 4 heteroatoms. The number of furan rings is 1. The highest BCUT2D eigenvalue weighted by Gasteiger charge is 2.17. The normalized spacial score (nSPS) is 12.6. The highest BCUT2D eigenvalue weighted by molar-refractivity contribution is 9.10. The van der Waals surface area contributed by atoms with Crippen LogP contribution in [0.25, 0.3) is 0 Å². The van der Waals surface area contributed by atoms with E-state index in [-0.39, 0.29) is 6.04 Å². The smallest absolute Gasteiger partial charge is 0.174 e. The Kier molecular flexibility index (Phi) is 3.99. The second kappa shape index (κ2) is 5.49. The zero-order chi connectivity index (χ0) is 12.3. The number of hydrogen-bond acceptors (Lipinski definition) is 3. The number of halogens is 1. The lowest BCUT2D eigenvalue weighted by Gasteiger charge is -2.16. The fourth-order valence-electron chi connectivity index (χ4n) is 1.87. The van der Waals surface area contributed by atoms with Crippen molar-refractivity contribution >= 4 is 15.9 Å². The summed E-state index contributed by atoms with van der Waals surface area (Å²) in [4.78, 5) is 0. The van der Waals surface area contributed by atoms with Crippen molar-refractivity contribution in [2.45, 2.75) is 19.4 Å². The summed E-state index contributed by atoms with van der Waals surface area (Å²) < 4.78 is 5.96. The van der Waals surface area contributed by atoms with Crippen LogP contribution in [0, 0.1) is 0 Å². The standard InChI is InChI=1S/C13H15BrN2O/c1-2-9-4-3-5-10(8-9)12(16-15)11-6-7-17-13(11)14/h3-8,12,16H,2,15H2,1H3. The van der Waals surface area contributed by atoms with Crippen molar-refractivity contribution in [2.75, 3.05) is 0 Å². The molecule has 0 fully saturated rings. The molecule has 1 heterocycles. The first-order valence-electron chi connectivity index (χ1n) is 5.54. The molecule has 0 aliphatic carbocycles. The Hall–Kier alpha value is -1.10. The van der Waals surface area contributed by atoms with Crippen LogP contribution < -0.4 is 11.3 Å². The predicted octanol–water partition coefficient (Wildman–Crippen LogP) is 3.16. The van der Waals surface area contributed by atoms with E-state index in [4.69, 9.17) is 10.3 Å². The molecule has 0 saturated carbocycles. The minimum absolute atomic E-state index is 0.0605. The Morgan fingerprint density at radius 3 is 2.82 bits per heavy atom. The van der Waals surface area contributed by atoms with E-state index < -0.39 is 0 Å². The molecule has 2 rings (SSSR count). The van der Waals surface area contributed by atoms with Gasteiger partial charge in [0.15, 0.2) is 4.67 Å². The van der Waals surface area contributed by atoms with E-state index in [0.717, 1.165) is 17.5 Å². The van der Waals surface area contributed by atoms with Gasteiger partial charge in [0, 0.05) is 5.56 Å². The third-order valence-corrected chi connectivity index (χ3v) is 3.46. The monoisotopic (exact) mass is 294 g/mol. The van der Waals surface area contributed by atoms with Crippen LogP contribution >= 0.6 is 15.9 Å². The Morgan fingerprint density at radius 1 is 1.41 bits per heavy atom. The van der Waals surface area contributed by atoms with Crippen molar-refractivity contribution in [1.29, 1.82) is 0 Å². The van der Waals surface area contributed by atoms with Crippen molar-refractivity contribution in [2.24, 2.45) is 5.84 Å². The first kappa shape index (κ1) is 12.4. The molecule has 0 aliphatic rings. The summed E-state index contributed by atoms with van der Waals surface area (Å²) in [6.45, 7) is 2.14. The summed E-state index contributed by atoms with van der Waals surface area (Å²) in [6, 6.07) is 10.2. The third kappa shape index (κ3) is 2.60. The highest BCUT2D eigenvalue weighted by atomic mass is 79.9. The van der Waals surface area contributed by atoms with Gasteiger partial charge in [-0.05, 0) is 39.5 Å². The molecule has 0 bridgehead atoms. The first-order valence-corrected chi connectivity index (χ1v) is 6.33. The largest absolute Gasteiger partial charge is 0.457 e. The Morgan fingerprint density at radius 2 is 2.24 bits per heavy atom. The number of benzene rings is 1. The second-order valence-corrected chi connectivity index (χ2v) is 4.57. The molecule has 0 aliphatic heterocycles. The maximum absolute atomic E-state index is 5.64. The zero-order valence-corrected chi connectivity index (χ0v) is 11.2. The summed E-state index contributed by atoms with van der Waals surface area (Å²) in [5, 5.41) is 0. The molecule has 2 aromatic rings. The quantitative estimate of drug-likeness (QED) is 0.673. The molecule has 0 saturated heterocycles. The van der Waals surface area contributed by atoms with Gasteiger partial charge in [-0.15, -0.1) is 0 Å². The van der Waals surface area contributed by atoms with Gasteiger partial charge in [-0.3, -0.25) is 5.84 Å². The van der Waals surface area contributed by atoms with Gasteiger partial charge >= 0.3 is 0 Å². The summed E-state index contributed by atoms with van der Waals surface area (Å²) >= 11 is 3.38. The van der Waals surface area contributed by atoms with Gasteiger partial charge < -0.3 is 4.42 Å². The molecule has 1 atom stereocenters. The highest BCUT2D eigenvalue weighted by Crippen LogP contribution is 2.29. The maximum Gasteiger partial charge on any atom is 0.174 e. The summed E-state index contributed by atoms with van der Waals surface area (Å²) in [5.41, 5.74) is 6.25. The number of hydrazine groups is 1. The van der Waals surface area contributed by atoms with Gasteiger partial charge in [0.05, 0.1) is 12.3 Å². The van der Waals surface area contributed by atoms with Gasteiger partial charge in [0.2, 0.25) is 0 Å². The zero-order valence-electron chi connectivity index (χ0n) is 9.61. The number of nitrogens with one attached hydrogen (secondary N) is 1. The predicted molar refractivity (Wildman–Crippen MR) is 71.4 cm³/mol. The lowest BCUT2D eigenvalue weighted by atomic mass is 9.99. The van der Waals surface area contributed by atoms with Crippen LogP contribution in [-0.2, 0) is 6.42 Å². The second-order valence-electron chi connectivity index (χ2n) is 3.85. The van der Waals surface area contributed by atoms with Crippen LogP contribution in [0.2, 0.25) is 0 Å². The van der Waals surface area contributed by atoms with Crippen LogP contribution in [0.3, 0.4) is 0 Å². The minimum atomic E-state index is -0.0605. The summed E-state index contributed by atoms with van der Waals surface area (Å²) in [5.74, 6) is 5.64. The Balaban J connectivity index is 2.38. The fraction of sp³-hybridized carbons (Fsp3) is 0.231.